The van der Waals surface area contributed by atoms with Crippen LogP contribution in [0.5, 0.6) is 0 Å². The van der Waals surface area contributed by atoms with Crippen LogP contribution in [0.4, 0.5) is 0 Å². The number of amides is 1. The van der Waals surface area contributed by atoms with Gasteiger partial charge >= 0.3 is 0 Å². The predicted molar refractivity (Wildman–Crippen MR) is 86.3 cm³/mol. The zero-order valence-corrected chi connectivity index (χ0v) is 13.4. The van der Waals surface area contributed by atoms with Crippen molar-refractivity contribution in [2.75, 3.05) is 19.7 Å². The lowest BCUT2D eigenvalue weighted by Gasteiger charge is -2.40. The van der Waals surface area contributed by atoms with Crippen LogP contribution in [0.25, 0.3) is 5.82 Å². The number of nitrogens with zero attached hydrogens (tertiary/aromatic N) is 4. The Labute approximate surface area is 135 Å². The van der Waals surface area contributed by atoms with E-state index in [0.717, 1.165) is 19.3 Å². The minimum Gasteiger partial charge on any atom is -0.396 e. The van der Waals surface area contributed by atoms with E-state index in [9.17, 15) is 9.90 Å². The molecule has 6 heteroatoms. The normalized spacial score (nSPS) is 17.2. The van der Waals surface area contributed by atoms with Gasteiger partial charge in [-0.3, -0.25) is 4.79 Å². The van der Waals surface area contributed by atoms with Crippen molar-refractivity contribution >= 4 is 5.91 Å². The van der Waals surface area contributed by atoms with Gasteiger partial charge in [0.2, 0.25) is 0 Å². The van der Waals surface area contributed by atoms with Crippen molar-refractivity contribution in [3.05, 3.63) is 42.4 Å². The minimum atomic E-state index is -0.0540. The topological polar surface area (TPSA) is 71.2 Å². The van der Waals surface area contributed by atoms with E-state index in [1.807, 2.05) is 23.1 Å². The Kier molecular flexibility index (Phi) is 4.43. The molecule has 0 radical (unpaired) electrons. The molecule has 0 aromatic carbocycles. The standard InChI is InChI=1S/C17H22N4O2/c1-2-17(13-22)7-11-20(12-8-17)16(23)14-5-3-6-15(19-14)21-10-4-9-18-21/h3-6,9-10,22H,2,7-8,11-13H2,1H3. The van der Waals surface area contributed by atoms with Gasteiger partial charge < -0.3 is 10.0 Å². The molecule has 0 unspecified atom stereocenters. The maximum Gasteiger partial charge on any atom is 0.272 e. The monoisotopic (exact) mass is 314 g/mol. The summed E-state index contributed by atoms with van der Waals surface area (Å²) in [6.45, 7) is 3.63. The number of hydrogen-bond donors (Lipinski definition) is 1. The van der Waals surface area contributed by atoms with Crippen LogP contribution in [0.15, 0.2) is 36.7 Å². The van der Waals surface area contributed by atoms with Gasteiger partial charge in [-0.25, -0.2) is 9.67 Å². The molecule has 2 aromatic rings. The van der Waals surface area contributed by atoms with Crippen molar-refractivity contribution in [1.82, 2.24) is 19.7 Å². The SMILES string of the molecule is CCC1(CO)CCN(C(=O)c2cccc(-n3cccn3)n2)CC1. The van der Waals surface area contributed by atoms with Crippen LogP contribution < -0.4 is 0 Å². The van der Waals surface area contributed by atoms with E-state index in [1.54, 1.807) is 23.1 Å². The van der Waals surface area contributed by atoms with Crippen molar-refractivity contribution in [1.29, 1.82) is 0 Å². The zero-order chi connectivity index (χ0) is 16.3. The molecule has 1 aliphatic heterocycles. The number of piperidine rings is 1. The molecule has 0 atom stereocenters. The number of aromatic nitrogens is 3. The average molecular weight is 314 g/mol. The summed E-state index contributed by atoms with van der Waals surface area (Å²) in [4.78, 5) is 18.9. The molecule has 0 saturated carbocycles. The summed E-state index contributed by atoms with van der Waals surface area (Å²) < 4.78 is 1.64. The first-order valence-corrected chi connectivity index (χ1v) is 8.05. The Bertz CT molecular complexity index is 655. The Morgan fingerprint density at radius 3 is 2.70 bits per heavy atom. The van der Waals surface area contributed by atoms with Gasteiger partial charge in [-0.15, -0.1) is 0 Å². The van der Waals surface area contributed by atoms with E-state index in [-0.39, 0.29) is 17.9 Å². The number of aliphatic hydroxyl groups is 1. The van der Waals surface area contributed by atoms with Crippen molar-refractivity contribution in [3.63, 3.8) is 0 Å². The van der Waals surface area contributed by atoms with E-state index >= 15 is 0 Å². The number of carbonyl (C=O) groups excluding carboxylic acids is 1. The quantitative estimate of drug-likeness (QED) is 0.935. The fraction of sp³-hybridized carbons (Fsp3) is 0.471. The largest absolute Gasteiger partial charge is 0.396 e. The number of aliphatic hydroxyl groups excluding tert-OH is 1. The lowest BCUT2D eigenvalue weighted by atomic mass is 9.77. The maximum atomic E-state index is 12.7. The van der Waals surface area contributed by atoms with E-state index in [0.29, 0.717) is 24.6 Å². The number of carbonyl (C=O) groups is 1. The summed E-state index contributed by atoms with van der Waals surface area (Å²) in [6.07, 6.45) is 6.10. The lowest BCUT2D eigenvalue weighted by molar-refractivity contribution is 0.0334. The number of hydrogen-bond acceptors (Lipinski definition) is 4. The molecule has 1 N–H and O–H groups in total. The van der Waals surface area contributed by atoms with Crippen LogP contribution in [0.1, 0.15) is 36.7 Å². The molecular formula is C17H22N4O2. The van der Waals surface area contributed by atoms with Gasteiger partial charge in [-0.05, 0) is 42.9 Å². The predicted octanol–water partition coefficient (Wildman–Crippen LogP) is 1.89. The highest BCUT2D eigenvalue weighted by Crippen LogP contribution is 2.34. The molecule has 1 fully saturated rings. The molecule has 1 aliphatic rings. The second-order valence-electron chi connectivity index (χ2n) is 6.14. The first kappa shape index (κ1) is 15.7. The van der Waals surface area contributed by atoms with Gasteiger partial charge in [0.15, 0.2) is 5.82 Å². The van der Waals surface area contributed by atoms with Gasteiger partial charge in [-0.1, -0.05) is 13.0 Å². The van der Waals surface area contributed by atoms with E-state index < -0.39 is 0 Å². The Morgan fingerprint density at radius 2 is 2.09 bits per heavy atom. The second-order valence-corrected chi connectivity index (χ2v) is 6.14. The highest BCUT2D eigenvalue weighted by Gasteiger charge is 2.34. The van der Waals surface area contributed by atoms with Crippen LogP contribution >= 0.6 is 0 Å². The summed E-state index contributed by atoms with van der Waals surface area (Å²) in [5.41, 5.74) is 0.409. The van der Waals surface area contributed by atoms with Gasteiger partial charge in [0, 0.05) is 32.1 Å². The minimum absolute atomic E-state index is 0.0267. The van der Waals surface area contributed by atoms with Crippen LogP contribution in [0.2, 0.25) is 0 Å². The van der Waals surface area contributed by atoms with Gasteiger partial charge in [0.05, 0.1) is 0 Å². The van der Waals surface area contributed by atoms with Crippen LogP contribution in [0, 0.1) is 5.41 Å². The number of rotatable bonds is 4. The fourth-order valence-electron chi connectivity index (χ4n) is 3.04. The Balaban J connectivity index is 1.73. The molecule has 2 aromatic heterocycles. The fourth-order valence-corrected chi connectivity index (χ4v) is 3.04. The zero-order valence-electron chi connectivity index (χ0n) is 13.4. The molecule has 23 heavy (non-hydrogen) atoms. The van der Waals surface area contributed by atoms with Crippen molar-refractivity contribution in [2.24, 2.45) is 5.41 Å². The molecule has 0 spiro atoms. The first-order chi connectivity index (χ1) is 11.2. The number of pyridine rings is 1. The molecule has 0 bridgehead atoms. The summed E-state index contributed by atoms with van der Waals surface area (Å²) in [5.74, 6) is 0.581. The third-order valence-corrected chi connectivity index (χ3v) is 4.89. The second kappa shape index (κ2) is 6.50. The van der Waals surface area contributed by atoms with Gasteiger partial charge in [0.1, 0.15) is 5.69 Å². The third kappa shape index (κ3) is 3.12. The van der Waals surface area contributed by atoms with Gasteiger partial charge in [-0.2, -0.15) is 5.10 Å². The summed E-state index contributed by atoms with van der Waals surface area (Å²) >= 11 is 0. The molecule has 1 saturated heterocycles. The van der Waals surface area contributed by atoms with E-state index in [1.165, 1.54) is 0 Å². The number of likely N-dealkylation sites (tertiary alicyclic amines) is 1. The van der Waals surface area contributed by atoms with Crippen molar-refractivity contribution in [2.45, 2.75) is 26.2 Å². The Morgan fingerprint density at radius 1 is 1.30 bits per heavy atom. The molecule has 3 heterocycles. The average Bonchev–Trinajstić information content (AvgIpc) is 3.16. The summed E-state index contributed by atoms with van der Waals surface area (Å²) in [7, 11) is 0. The van der Waals surface area contributed by atoms with Crippen LogP contribution in [0.3, 0.4) is 0 Å². The first-order valence-electron chi connectivity index (χ1n) is 8.05. The smallest absolute Gasteiger partial charge is 0.272 e. The molecule has 122 valence electrons. The van der Waals surface area contributed by atoms with E-state index in [2.05, 4.69) is 17.0 Å². The van der Waals surface area contributed by atoms with Crippen LogP contribution in [-0.2, 0) is 0 Å². The molecule has 0 aliphatic carbocycles. The van der Waals surface area contributed by atoms with E-state index in [4.69, 9.17) is 0 Å². The summed E-state index contributed by atoms with van der Waals surface area (Å²) in [5, 5.41) is 13.7. The maximum absolute atomic E-state index is 12.7. The summed E-state index contributed by atoms with van der Waals surface area (Å²) in [6, 6.07) is 7.21. The molecular weight excluding hydrogens is 292 g/mol. The highest BCUT2D eigenvalue weighted by molar-refractivity contribution is 5.92. The van der Waals surface area contributed by atoms with Crippen molar-refractivity contribution < 1.29 is 9.90 Å². The molecule has 6 nitrogen and oxygen atoms in total. The van der Waals surface area contributed by atoms with Crippen LogP contribution in [-0.4, -0.2) is 50.4 Å². The van der Waals surface area contributed by atoms with Gasteiger partial charge in [0.25, 0.3) is 5.91 Å². The lowest BCUT2D eigenvalue weighted by Crippen LogP contribution is -2.44. The molecule has 1 amide bonds. The third-order valence-electron chi connectivity index (χ3n) is 4.89. The van der Waals surface area contributed by atoms with Crippen molar-refractivity contribution in [3.8, 4) is 5.82 Å². The Hall–Kier alpha value is -2.21. The highest BCUT2D eigenvalue weighted by atomic mass is 16.3. The molecule has 3 rings (SSSR count).